The number of rotatable bonds is 7. The maximum absolute atomic E-state index is 6.60. The van der Waals surface area contributed by atoms with E-state index >= 15 is 0 Å². The summed E-state index contributed by atoms with van der Waals surface area (Å²) in [7, 11) is 0. The largest absolute Gasteiger partial charge is 0.397 e. The quantitative estimate of drug-likeness (QED) is 0.160. The molecule has 0 amide bonds. The number of nitrogens with zero attached hydrogens (tertiary/aromatic N) is 2. The third kappa shape index (κ3) is 5.52. The number of nitrogens with one attached hydrogen (secondary N) is 1. The number of nitrogens with two attached hydrogens (primary N) is 1. The molecule has 8 aromatic carbocycles. The minimum absolute atomic E-state index is 0.0648. The lowest BCUT2D eigenvalue weighted by Crippen LogP contribution is -2.27. The van der Waals surface area contributed by atoms with Gasteiger partial charge in [0.15, 0.2) is 0 Å². The second kappa shape index (κ2) is 13.5. The third-order valence-electron chi connectivity index (χ3n) is 11.9. The van der Waals surface area contributed by atoms with Gasteiger partial charge in [-0.1, -0.05) is 146 Å². The van der Waals surface area contributed by atoms with Crippen LogP contribution in [-0.2, 0) is 6.54 Å². The lowest BCUT2D eigenvalue weighted by Gasteiger charge is -2.24. The lowest BCUT2D eigenvalue weighted by molar-refractivity contribution is 0.678. The number of benzene rings is 8. The van der Waals surface area contributed by atoms with Gasteiger partial charge in [-0.2, -0.15) is 0 Å². The van der Waals surface area contributed by atoms with Crippen LogP contribution in [0, 0.1) is 0 Å². The Kier molecular flexibility index (Phi) is 7.82. The molecule has 0 aliphatic heterocycles. The Labute approximate surface area is 331 Å². The smallest absolute Gasteiger partial charge is 0.0691 e. The zero-order valence-corrected chi connectivity index (χ0v) is 31.4. The van der Waals surface area contributed by atoms with Crippen molar-refractivity contribution in [2.24, 2.45) is 0 Å². The molecule has 0 saturated carbocycles. The number of anilines is 2. The molecule has 2 aromatic heterocycles. The molecular weight excluding hydrogens is 693 g/mol. The highest BCUT2D eigenvalue weighted by atomic mass is 15.1. The highest BCUT2D eigenvalue weighted by Gasteiger charge is 2.22. The molecule has 1 aliphatic carbocycles. The standard InChI is InChI=1S/C53H40N4/c54-45-22-9-10-23-46(45)55-47(39-18-12-17-36(25-26-39)35-13-2-1-3-14-35)34-56-48-32-29-40(33-44(48)53-42-20-7-5-15-37(42)27-30-50(53)56)57-49-24-11-8-21-43(49)52-41-19-6-4-16-38(41)28-31-51(52)57/h1-11,13-33,47,55H,12,34,54H2. The van der Waals surface area contributed by atoms with Crippen LogP contribution in [0.25, 0.3) is 76.4 Å². The molecule has 4 nitrogen and oxygen atoms in total. The Bertz CT molecular complexity index is 3280. The van der Waals surface area contributed by atoms with Crippen LogP contribution in [0.3, 0.4) is 0 Å². The Morgan fingerprint density at radius 2 is 1.18 bits per heavy atom. The van der Waals surface area contributed by atoms with Crippen molar-refractivity contribution in [2.45, 2.75) is 19.0 Å². The third-order valence-corrected chi connectivity index (χ3v) is 11.9. The lowest BCUT2D eigenvalue weighted by atomic mass is 10.0. The first-order valence-corrected chi connectivity index (χ1v) is 19.8. The molecular formula is C53H40N4. The summed E-state index contributed by atoms with van der Waals surface area (Å²) in [5.74, 6) is 0. The predicted molar refractivity (Wildman–Crippen MR) is 243 cm³/mol. The van der Waals surface area contributed by atoms with Gasteiger partial charge in [0.2, 0.25) is 0 Å². The monoisotopic (exact) mass is 732 g/mol. The second-order valence-corrected chi connectivity index (χ2v) is 15.1. The second-order valence-electron chi connectivity index (χ2n) is 15.1. The summed E-state index contributed by atoms with van der Waals surface area (Å²) >= 11 is 0. The van der Waals surface area contributed by atoms with Gasteiger partial charge in [0, 0.05) is 44.8 Å². The molecule has 3 N–H and O–H groups in total. The van der Waals surface area contributed by atoms with E-state index in [-0.39, 0.29) is 6.04 Å². The molecule has 272 valence electrons. The van der Waals surface area contributed by atoms with E-state index in [1.807, 2.05) is 18.2 Å². The van der Waals surface area contributed by atoms with Crippen LogP contribution in [-0.4, -0.2) is 15.2 Å². The summed E-state index contributed by atoms with van der Waals surface area (Å²) in [6.45, 7) is 0.699. The minimum Gasteiger partial charge on any atom is -0.397 e. The first-order valence-electron chi connectivity index (χ1n) is 19.8. The van der Waals surface area contributed by atoms with Crippen LogP contribution in [0.2, 0.25) is 0 Å². The summed E-state index contributed by atoms with van der Waals surface area (Å²) < 4.78 is 4.97. The molecule has 0 saturated heterocycles. The van der Waals surface area contributed by atoms with Gasteiger partial charge in [-0.25, -0.2) is 0 Å². The van der Waals surface area contributed by atoms with Crippen LogP contribution in [0.4, 0.5) is 11.4 Å². The average molecular weight is 733 g/mol. The van der Waals surface area contributed by atoms with Crippen molar-refractivity contribution in [1.29, 1.82) is 0 Å². The van der Waals surface area contributed by atoms with Gasteiger partial charge < -0.3 is 20.2 Å². The Balaban J connectivity index is 1.11. The summed E-state index contributed by atoms with van der Waals surface area (Å²) in [5.41, 5.74) is 17.9. The summed E-state index contributed by atoms with van der Waals surface area (Å²) in [4.78, 5) is 0. The van der Waals surface area contributed by atoms with E-state index in [1.54, 1.807) is 0 Å². The molecule has 0 fully saturated rings. The molecule has 11 rings (SSSR count). The Morgan fingerprint density at radius 3 is 1.96 bits per heavy atom. The van der Waals surface area contributed by atoms with Crippen molar-refractivity contribution in [3.8, 4) is 5.69 Å². The number of hydrogen-bond donors (Lipinski definition) is 2. The van der Waals surface area contributed by atoms with Crippen molar-refractivity contribution in [2.75, 3.05) is 11.1 Å². The van der Waals surface area contributed by atoms with Crippen LogP contribution in [0.15, 0.2) is 200 Å². The average Bonchev–Trinajstić information content (AvgIpc) is 3.64. The highest BCUT2D eigenvalue weighted by Crippen LogP contribution is 2.40. The zero-order valence-electron chi connectivity index (χ0n) is 31.4. The summed E-state index contributed by atoms with van der Waals surface area (Å²) in [6.07, 6.45) is 10.1. The Hall–Kier alpha value is -7.30. The van der Waals surface area contributed by atoms with Gasteiger partial charge in [0.05, 0.1) is 28.5 Å². The van der Waals surface area contributed by atoms with Crippen LogP contribution < -0.4 is 11.1 Å². The number of fused-ring (bicyclic) bond motifs is 10. The van der Waals surface area contributed by atoms with Gasteiger partial charge in [-0.15, -0.1) is 0 Å². The number of para-hydroxylation sites is 3. The number of aromatic nitrogens is 2. The topological polar surface area (TPSA) is 47.9 Å². The minimum atomic E-state index is -0.0648. The Morgan fingerprint density at radius 1 is 0.526 bits per heavy atom. The predicted octanol–water partition coefficient (Wildman–Crippen LogP) is 13.2. The van der Waals surface area contributed by atoms with Gasteiger partial charge in [-0.3, -0.25) is 0 Å². The summed E-state index contributed by atoms with van der Waals surface area (Å²) in [5, 5.41) is 14.0. The van der Waals surface area contributed by atoms with Crippen molar-refractivity contribution in [1.82, 2.24) is 9.13 Å². The molecule has 4 heteroatoms. The normalized spacial score (nSPS) is 13.8. The maximum Gasteiger partial charge on any atom is 0.0691 e. The number of hydrogen-bond acceptors (Lipinski definition) is 2. The zero-order chi connectivity index (χ0) is 37.9. The fraction of sp³-hybridized carbons (Fsp3) is 0.0566. The van der Waals surface area contributed by atoms with Gasteiger partial charge in [0.25, 0.3) is 0 Å². The van der Waals surface area contributed by atoms with Gasteiger partial charge in [0.1, 0.15) is 0 Å². The molecule has 0 radical (unpaired) electrons. The first kappa shape index (κ1) is 33.1. The van der Waals surface area contributed by atoms with Crippen LogP contribution in [0.1, 0.15) is 12.0 Å². The van der Waals surface area contributed by atoms with E-state index in [2.05, 4.69) is 190 Å². The number of allylic oxidation sites excluding steroid dienone is 4. The molecule has 10 aromatic rings. The SMILES string of the molecule is Nc1ccccc1NC(Cn1c2ccc(-n3c4ccccc4c4c5ccccc5ccc43)cc2c2c3ccccc3ccc21)C1=CCC=C(c2ccccc2)C=C1. The molecule has 1 unspecified atom stereocenters. The van der Waals surface area contributed by atoms with Crippen molar-refractivity contribution >= 4 is 82.1 Å². The first-order chi connectivity index (χ1) is 28.2. The van der Waals surface area contributed by atoms with Crippen molar-refractivity contribution in [3.05, 3.63) is 205 Å². The maximum atomic E-state index is 6.60. The summed E-state index contributed by atoms with van der Waals surface area (Å²) in [6, 6.07) is 61.2. The molecule has 2 heterocycles. The van der Waals surface area contributed by atoms with Crippen LogP contribution in [0.5, 0.6) is 0 Å². The van der Waals surface area contributed by atoms with E-state index in [9.17, 15) is 0 Å². The number of nitrogen functional groups attached to an aromatic ring is 1. The fourth-order valence-corrected chi connectivity index (χ4v) is 9.19. The molecule has 0 spiro atoms. The molecule has 57 heavy (non-hydrogen) atoms. The van der Waals surface area contributed by atoms with E-state index in [0.29, 0.717) is 6.54 Å². The molecule has 1 atom stereocenters. The molecule has 0 bridgehead atoms. The highest BCUT2D eigenvalue weighted by molar-refractivity contribution is 6.23. The van der Waals surface area contributed by atoms with E-state index in [4.69, 9.17) is 5.73 Å². The van der Waals surface area contributed by atoms with Crippen molar-refractivity contribution in [3.63, 3.8) is 0 Å². The van der Waals surface area contributed by atoms with E-state index < -0.39 is 0 Å². The molecule has 1 aliphatic rings. The fourth-order valence-electron chi connectivity index (χ4n) is 9.19. The van der Waals surface area contributed by atoms with Gasteiger partial charge >= 0.3 is 0 Å². The van der Waals surface area contributed by atoms with E-state index in [1.165, 1.54) is 81.9 Å². The van der Waals surface area contributed by atoms with E-state index in [0.717, 1.165) is 23.5 Å². The van der Waals surface area contributed by atoms with Gasteiger partial charge in [-0.05, 0) is 93.2 Å². The van der Waals surface area contributed by atoms with Crippen molar-refractivity contribution < 1.29 is 0 Å². The van der Waals surface area contributed by atoms with Crippen LogP contribution >= 0.6 is 0 Å².